The Morgan fingerprint density at radius 2 is 2.00 bits per heavy atom. The molecule has 0 unspecified atom stereocenters. The molecule has 0 spiro atoms. The maximum absolute atomic E-state index is 13.1. The van der Waals surface area contributed by atoms with E-state index in [1.165, 1.54) is 12.1 Å². The molecule has 4 rings (SSSR count). The van der Waals surface area contributed by atoms with Crippen molar-refractivity contribution < 1.29 is 13.9 Å². The van der Waals surface area contributed by atoms with Crippen LogP contribution in [-0.2, 0) is 23.1 Å². The summed E-state index contributed by atoms with van der Waals surface area (Å²) in [6.07, 6.45) is 3.45. The van der Waals surface area contributed by atoms with Gasteiger partial charge in [-0.05, 0) is 56.0 Å². The van der Waals surface area contributed by atoms with Gasteiger partial charge in [0, 0.05) is 44.9 Å². The minimum atomic E-state index is -0.252. The summed E-state index contributed by atoms with van der Waals surface area (Å²) in [5.74, 6) is -0.194. The van der Waals surface area contributed by atoms with Crippen molar-refractivity contribution in [3.05, 3.63) is 41.8 Å². The van der Waals surface area contributed by atoms with E-state index in [1.807, 2.05) is 11.7 Å². The van der Waals surface area contributed by atoms with Crippen molar-refractivity contribution in [3.8, 4) is 11.3 Å². The van der Waals surface area contributed by atoms with Crippen molar-refractivity contribution in [3.63, 3.8) is 0 Å². The summed E-state index contributed by atoms with van der Waals surface area (Å²) in [5.41, 5.74) is 2.90. The molecule has 2 fully saturated rings. The number of rotatable bonds is 5. The van der Waals surface area contributed by atoms with Gasteiger partial charge < -0.3 is 10.1 Å². The fourth-order valence-corrected chi connectivity index (χ4v) is 3.96. The lowest BCUT2D eigenvalue weighted by atomic mass is 10.0. The lowest BCUT2D eigenvalue weighted by Gasteiger charge is -2.32. The number of aryl methyl sites for hydroxylation is 1. The van der Waals surface area contributed by atoms with Crippen molar-refractivity contribution in [1.82, 2.24) is 20.0 Å². The molecule has 2 aromatic rings. The molecule has 2 saturated heterocycles. The molecule has 7 heteroatoms. The van der Waals surface area contributed by atoms with Gasteiger partial charge in [-0.1, -0.05) is 0 Å². The number of hydrogen-bond acceptors (Lipinski definition) is 4. The van der Waals surface area contributed by atoms with Crippen LogP contribution in [0.1, 0.15) is 31.4 Å². The smallest absolute Gasteiger partial charge is 0.249 e. The third kappa shape index (κ3) is 4.42. The van der Waals surface area contributed by atoms with E-state index < -0.39 is 0 Å². The molecular formula is C21H27FN4O2. The lowest BCUT2D eigenvalue weighted by Crippen LogP contribution is -2.47. The average Bonchev–Trinajstić information content (AvgIpc) is 3.35. The van der Waals surface area contributed by atoms with Gasteiger partial charge in [-0.2, -0.15) is 5.10 Å². The van der Waals surface area contributed by atoms with E-state index in [0.717, 1.165) is 62.3 Å². The Morgan fingerprint density at radius 1 is 1.25 bits per heavy atom. The van der Waals surface area contributed by atoms with Gasteiger partial charge in [0.1, 0.15) is 11.9 Å². The van der Waals surface area contributed by atoms with Crippen molar-refractivity contribution >= 4 is 5.91 Å². The van der Waals surface area contributed by atoms with Crippen LogP contribution in [0.5, 0.6) is 0 Å². The van der Waals surface area contributed by atoms with Crippen LogP contribution < -0.4 is 5.32 Å². The summed E-state index contributed by atoms with van der Waals surface area (Å²) in [7, 11) is 1.94. The minimum absolute atomic E-state index is 0.0477. The predicted molar refractivity (Wildman–Crippen MR) is 104 cm³/mol. The maximum Gasteiger partial charge on any atom is 0.249 e. The molecule has 2 aliphatic rings. The highest BCUT2D eigenvalue weighted by Gasteiger charge is 2.27. The number of benzene rings is 1. The number of hydrogen-bond donors (Lipinski definition) is 1. The van der Waals surface area contributed by atoms with Crippen molar-refractivity contribution in [2.45, 2.75) is 44.4 Å². The third-order valence-electron chi connectivity index (χ3n) is 5.66. The zero-order chi connectivity index (χ0) is 19.5. The van der Waals surface area contributed by atoms with Gasteiger partial charge in [0.15, 0.2) is 0 Å². The Morgan fingerprint density at radius 3 is 2.68 bits per heavy atom. The van der Waals surface area contributed by atoms with Crippen molar-refractivity contribution in [2.24, 2.45) is 7.05 Å². The number of halogens is 1. The lowest BCUT2D eigenvalue weighted by molar-refractivity contribution is -0.131. The van der Waals surface area contributed by atoms with Crippen LogP contribution in [0.25, 0.3) is 11.3 Å². The van der Waals surface area contributed by atoms with Gasteiger partial charge >= 0.3 is 0 Å². The number of piperidine rings is 1. The molecule has 150 valence electrons. The Labute approximate surface area is 164 Å². The molecule has 1 aromatic heterocycles. The van der Waals surface area contributed by atoms with Crippen LogP contribution in [-0.4, -0.2) is 52.4 Å². The first kappa shape index (κ1) is 19.1. The summed E-state index contributed by atoms with van der Waals surface area (Å²) < 4.78 is 20.5. The molecule has 28 heavy (non-hydrogen) atoms. The van der Waals surface area contributed by atoms with E-state index in [4.69, 9.17) is 4.74 Å². The van der Waals surface area contributed by atoms with E-state index in [-0.39, 0.29) is 23.9 Å². The number of carbonyl (C=O) groups is 1. The second-order valence-electron chi connectivity index (χ2n) is 7.71. The summed E-state index contributed by atoms with van der Waals surface area (Å²) >= 11 is 0. The molecular weight excluding hydrogens is 359 g/mol. The maximum atomic E-state index is 13.1. The minimum Gasteiger partial charge on any atom is -0.368 e. The van der Waals surface area contributed by atoms with E-state index >= 15 is 0 Å². The standard InChI is InChI=1S/C21H27FN4O2/c1-25-18(13-19(24-25)15-4-6-16(22)7-5-15)14-26-10-8-17(9-11-26)23-21(27)20-3-2-12-28-20/h4-7,13,17,20H,2-3,8-12,14H2,1H3,(H,23,27)/t20-/m0/s1. The number of aromatic nitrogens is 2. The van der Waals surface area contributed by atoms with Gasteiger partial charge in [-0.3, -0.25) is 14.4 Å². The number of nitrogens with zero attached hydrogens (tertiary/aromatic N) is 3. The molecule has 0 aliphatic carbocycles. The Bertz CT molecular complexity index is 806. The largest absolute Gasteiger partial charge is 0.368 e. The molecule has 3 heterocycles. The van der Waals surface area contributed by atoms with Gasteiger partial charge in [0.25, 0.3) is 0 Å². The second-order valence-corrected chi connectivity index (χ2v) is 7.71. The monoisotopic (exact) mass is 386 g/mol. The highest BCUT2D eigenvalue weighted by molar-refractivity contribution is 5.81. The first-order valence-electron chi connectivity index (χ1n) is 10.0. The fourth-order valence-electron chi connectivity index (χ4n) is 3.96. The number of ether oxygens (including phenoxy) is 1. The van der Waals surface area contributed by atoms with Crippen LogP contribution in [0.15, 0.2) is 30.3 Å². The Hall–Kier alpha value is -2.25. The zero-order valence-corrected chi connectivity index (χ0v) is 16.2. The number of nitrogens with one attached hydrogen (secondary N) is 1. The van der Waals surface area contributed by atoms with E-state index in [2.05, 4.69) is 21.4 Å². The molecule has 0 radical (unpaired) electrons. The summed E-state index contributed by atoms with van der Waals surface area (Å²) in [6, 6.07) is 8.72. The molecule has 1 N–H and O–H groups in total. The van der Waals surface area contributed by atoms with E-state index in [1.54, 1.807) is 12.1 Å². The number of likely N-dealkylation sites (tertiary alicyclic amines) is 1. The van der Waals surface area contributed by atoms with Gasteiger partial charge in [0.05, 0.1) is 11.4 Å². The number of carbonyl (C=O) groups excluding carboxylic acids is 1. The van der Waals surface area contributed by atoms with Crippen molar-refractivity contribution in [2.75, 3.05) is 19.7 Å². The van der Waals surface area contributed by atoms with Crippen LogP contribution in [0.3, 0.4) is 0 Å². The Kier molecular flexibility index (Phi) is 5.73. The van der Waals surface area contributed by atoms with Crippen molar-refractivity contribution in [1.29, 1.82) is 0 Å². The molecule has 1 aromatic carbocycles. The quantitative estimate of drug-likeness (QED) is 0.858. The first-order valence-corrected chi connectivity index (χ1v) is 10.0. The molecule has 2 aliphatic heterocycles. The summed E-state index contributed by atoms with van der Waals surface area (Å²) in [5, 5.41) is 7.72. The van der Waals surface area contributed by atoms with Crippen LogP contribution in [0.2, 0.25) is 0 Å². The van der Waals surface area contributed by atoms with E-state index in [9.17, 15) is 9.18 Å². The van der Waals surface area contributed by atoms with Crippen LogP contribution >= 0.6 is 0 Å². The molecule has 0 bridgehead atoms. The molecule has 1 amide bonds. The fraction of sp³-hybridized carbons (Fsp3) is 0.524. The van der Waals surface area contributed by atoms with Crippen LogP contribution in [0, 0.1) is 5.82 Å². The van der Waals surface area contributed by atoms with Gasteiger partial charge in [-0.15, -0.1) is 0 Å². The van der Waals surface area contributed by atoms with E-state index in [0.29, 0.717) is 6.61 Å². The predicted octanol–water partition coefficient (Wildman–Crippen LogP) is 2.49. The third-order valence-corrected chi connectivity index (χ3v) is 5.66. The summed E-state index contributed by atoms with van der Waals surface area (Å²) in [6.45, 7) is 3.39. The van der Waals surface area contributed by atoms with Gasteiger partial charge in [0.2, 0.25) is 5.91 Å². The molecule has 6 nitrogen and oxygen atoms in total. The molecule has 1 atom stereocenters. The molecule has 0 saturated carbocycles. The summed E-state index contributed by atoms with van der Waals surface area (Å²) in [4.78, 5) is 14.6. The van der Waals surface area contributed by atoms with Crippen LogP contribution in [0.4, 0.5) is 4.39 Å². The zero-order valence-electron chi connectivity index (χ0n) is 16.2. The SMILES string of the molecule is Cn1nc(-c2ccc(F)cc2)cc1CN1CCC(NC(=O)[C@@H]2CCCO2)CC1. The average molecular weight is 386 g/mol. The topological polar surface area (TPSA) is 59.4 Å². The van der Waals surface area contributed by atoms with Gasteiger partial charge in [-0.25, -0.2) is 4.39 Å². The highest BCUT2D eigenvalue weighted by Crippen LogP contribution is 2.21. The second kappa shape index (κ2) is 8.41. The first-order chi connectivity index (χ1) is 13.6. The number of amides is 1. The Balaban J connectivity index is 1.30. The highest BCUT2D eigenvalue weighted by atomic mass is 19.1. The normalized spacial score (nSPS) is 21.1.